The molecule has 132 valence electrons. The smallest absolute Gasteiger partial charge is 0.222 e. The van der Waals surface area contributed by atoms with Crippen molar-refractivity contribution >= 4 is 11.9 Å². The van der Waals surface area contributed by atoms with Gasteiger partial charge in [0.15, 0.2) is 5.96 Å². The lowest BCUT2D eigenvalue weighted by Gasteiger charge is -2.20. The predicted octanol–water partition coefficient (Wildman–Crippen LogP) is 1.08. The number of nitrogens with zero attached hydrogens (tertiary/aromatic N) is 2. The van der Waals surface area contributed by atoms with Gasteiger partial charge >= 0.3 is 0 Å². The normalized spacial score (nSPS) is 18.5. The molecule has 1 aromatic rings. The molecule has 0 spiro atoms. The SMILES string of the molecule is CCN1CCCC1CN=C(N)NCCC(=O)NCc1ccccc1. The van der Waals surface area contributed by atoms with E-state index in [2.05, 4.69) is 27.4 Å². The van der Waals surface area contributed by atoms with Crippen LogP contribution in [0.2, 0.25) is 0 Å². The first kappa shape index (κ1) is 18.3. The predicted molar refractivity (Wildman–Crippen MR) is 97.7 cm³/mol. The summed E-state index contributed by atoms with van der Waals surface area (Å²) >= 11 is 0. The minimum Gasteiger partial charge on any atom is -0.370 e. The van der Waals surface area contributed by atoms with Gasteiger partial charge in [0, 0.05) is 25.6 Å². The third-order valence-corrected chi connectivity index (χ3v) is 4.37. The highest BCUT2D eigenvalue weighted by Gasteiger charge is 2.22. The zero-order valence-corrected chi connectivity index (χ0v) is 14.5. The Morgan fingerprint density at radius 3 is 2.88 bits per heavy atom. The maximum atomic E-state index is 11.8. The lowest BCUT2D eigenvalue weighted by Crippen LogP contribution is -2.37. The van der Waals surface area contributed by atoms with E-state index in [1.165, 1.54) is 12.8 Å². The summed E-state index contributed by atoms with van der Waals surface area (Å²) in [5.41, 5.74) is 6.97. The Morgan fingerprint density at radius 2 is 2.12 bits per heavy atom. The van der Waals surface area contributed by atoms with Crippen molar-refractivity contribution in [3.63, 3.8) is 0 Å². The average Bonchev–Trinajstić information content (AvgIpc) is 3.06. The highest BCUT2D eigenvalue weighted by molar-refractivity contribution is 5.80. The van der Waals surface area contributed by atoms with E-state index in [1.807, 2.05) is 30.3 Å². The number of carbonyl (C=O) groups is 1. The second-order valence-corrected chi connectivity index (χ2v) is 6.09. The van der Waals surface area contributed by atoms with Gasteiger partial charge in [0.25, 0.3) is 0 Å². The fourth-order valence-corrected chi connectivity index (χ4v) is 2.97. The van der Waals surface area contributed by atoms with Crippen molar-refractivity contribution in [2.45, 2.75) is 38.8 Å². The van der Waals surface area contributed by atoms with Gasteiger partial charge in [0.1, 0.15) is 0 Å². The molecule has 2 rings (SSSR count). The van der Waals surface area contributed by atoms with Crippen LogP contribution in [0.4, 0.5) is 0 Å². The van der Waals surface area contributed by atoms with Crippen molar-refractivity contribution in [1.29, 1.82) is 0 Å². The van der Waals surface area contributed by atoms with Crippen LogP contribution in [0.25, 0.3) is 0 Å². The van der Waals surface area contributed by atoms with E-state index in [1.54, 1.807) is 0 Å². The van der Waals surface area contributed by atoms with Gasteiger partial charge < -0.3 is 16.4 Å². The Kier molecular flexibility index (Phi) is 7.55. The van der Waals surface area contributed by atoms with Crippen LogP contribution < -0.4 is 16.4 Å². The van der Waals surface area contributed by atoms with Crippen molar-refractivity contribution in [3.8, 4) is 0 Å². The third-order valence-electron chi connectivity index (χ3n) is 4.37. The molecule has 0 aromatic heterocycles. The van der Waals surface area contributed by atoms with Crippen LogP contribution in [0, 0.1) is 0 Å². The Morgan fingerprint density at radius 1 is 1.33 bits per heavy atom. The number of benzene rings is 1. The Balaban J connectivity index is 1.60. The van der Waals surface area contributed by atoms with E-state index >= 15 is 0 Å². The zero-order valence-electron chi connectivity index (χ0n) is 14.5. The largest absolute Gasteiger partial charge is 0.370 e. The first-order valence-corrected chi connectivity index (χ1v) is 8.77. The van der Waals surface area contributed by atoms with Crippen LogP contribution in [-0.2, 0) is 11.3 Å². The highest BCUT2D eigenvalue weighted by Crippen LogP contribution is 2.16. The maximum absolute atomic E-state index is 11.8. The molecule has 0 bridgehead atoms. The summed E-state index contributed by atoms with van der Waals surface area (Å²) in [4.78, 5) is 18.7. The van der Waals surface area contributed by atoms with E-state index < -0.39 is 0 Å². The Labute approximate surface area is 144 Å². The van der Waals surface area contributed by atoms with Gasteiger partial charge in [-0.25, -0.2) is 0 Å². The van der Waals surface area contributed by atoms with Gasteiger partial charge in [-0.2, -0.15) is 0 Å². The molecule has 1 aromatic carbocycles. The number of guanidine groups is 1. The van der Waals surface area contributed by atoms with Crippen molar-refractivity contribution in [3.05, 3.63) is 35.9 Å². The molecular formula is C18H29N5O. The molecule has 24 heavy (non-hydrogen) atoms. The number of nitrogens with one attached hydrogen (secondary N) is 2. The topological polar surface area (TPSA) is 82.8 Å². The van der Waals surface area contributed by atoms with E-state index in [0.29, 0.717) is 31.5 Å². The summed E-state index contributed by atoms with van der Waals surface area (Å²) in [5.74, 6) is 0.431. The van der Waals surface area contributed by atoms with Crippen LogP contribution in [-0.4, -0.2) is 49.0 Å². The fraction of sp³-hybridized carbons (Fsp3) is 0.556. The van der Waals surface area contributed by atoms with Gasteiger partial charge in [-0.05, 0) is 31.5 Å². The Hall–Kier alpha value is -2.08. The monoisotopic (exact) mass is 331 g/mol. The third kappa shape index (κ3) is 6.20. The molecule has 1 aliphatic rings. The molecule has 1 amide bonds. The van der Waals surface area contributed by atoms with Gasteiger partial charge in [-0.1, -0.05) is 37.3 Å². The molecular weight excluding hydrogens is 302 g/mol. The van der Waals surface area contributed by atoms with Crippen molar-refractivity contribution in [1.82, 2.24) is 15.5 Å². The molecule has 1 atom stereocenters. The standard InChI is InChI=1S/C18H29N5O/c1-2-23-12-6-9-16(23)14-22-18(19)20-11-10-17(24)21-13-15-7-4-3-5-8-15/h3-5,7-8,16H,2,6,9-14H2,1H3,(H,21,24)(H3,19,20,22). The van der Waals surface area contributed by atoms with Crippen LogP contribution in [0.1, 0.15) is 31.7 Å². The number of nitrogens with two attached hydrogens (primary N) is 1. The van der Waals surface area contributed by atoms with Gasteiger partial charge in [0.2, 0.25) is 5.91 Å². The zero-order chi connectivity index (χ0) is 17.2. The molecule has 4 N–H and O–H groups in total. The Bertz CT molecular complexity index is 531. The van der Waals surface area contributed by atoms with E-state index in [-0.39, 0.29) is 5.91 Å². The van der Waals surface area contributed by atoms with Crippen LogP contribution in [0.5, 0.6) is 0 Å². The number of amides is 1. The molecule has 6 nitrogen and oxygen atoms in total. The van der Waals surface area contributed by atoms with Crippen molar-refractivity contribution in [2.24, 2.45) is 10.7 Å². The number of carbonyl (C=O) groups excluding carboxylic acids is 1. The van der Waals surface area contributed by atoms with Crippen LogP contribution >= 0.6 is 0 Å². The minimum atomic E-state index is 0.00658. The molecule has 0 radical (unpaired) electrons. The first-order chi connectivity index (χ1) is 11.7. The molecule has 1 heterocycles. The van der Waals surface area contributed by atoms with E-state index in [9.17, 15) is 4.79 Å². The highest BCUT2D eigenvalue weighted by atomic mass is 16.1. The molecule has 1 aliphatic heterocycles. The lowest BCUT2D eigenvalue weighted by molar-refractivity contribution is -0.121. The summed E-state index contributed by atoms with van der Waals surface area (Å²) in [7, 11) is 0. The summed E-state index contributed by atoms with van der Waals surface area (Å²) in [6, 6.07) is 10.4. The minimum absolute atomic E-state index is 0.00658. The lowest BCUT2D eigenvalue weighted by atomic mass is 10.2. The number of hydrogen-bond acceptors (Lipinski definition) is 3. The summed E-state index contributed by atoms with van der Waals surface area (Å²) < 4.78 is 0. The quantitative estimate of drug-likeness (QED) is 0.492. The number of rotatable bonds is 8. The molecule has 0 aliphatic carbocycles. The second-order valence-electron chi connectivity index (χ2n) is 6.09. The van der Waals surface area contributed by atoms with Gasteiger partial charge in [0.05, 0.1) is 6.54 Å². The molecule has 1 fully saturated rings. The van der Waals surface area contributed by atoms with Gasteiger partial charge in [-0.15, -0.1) is 0 Å². The molecule has 1 saturated heterocycles. The molecule has 1 unspecified atom stereocenters. The summed E-state index contributed by atoms with van der Waals surface area (Å²) in [6.07, 6.45) is 2.81. The van der Waals surface area contributed by atoms with Crippen molar-refractivity contribution < 1.29 is 4.79 Å². The van der Waals surface area contributed by atoms with E-state index in [4.69, 9.17) is 5.73 Å². The summed E-state index contributed by atoms with van der Waals surface area (Å²) in [6.45, 7) is 6.18. The average molecular weight is 331 g/mol. The number of likely N-dealkylation sites (tertiary alicyclic amines) is 1. The molecule has 6 heteroatoms. The number of hydrogen-bond donors (Lipinski definition) is 3. The van der Waals surface area contributed by atoms with E-state index in [0.717, 1.165) is 25.2 Å². The van der Waals surface area contributed by atoms with Gasteiger partial charge in [-0.3, -0.25) is 14.7 Å². The first-order valence-electron chi connectivity index (χ1n) is 8.77. The molecule has 0 saturated carbocycles. The van der Waals surface area contributed by atoms with Crippen LogP contribution in [0.3, 0.4) is 0 Å². The van der Waals surface area contributed by atoms with Crippen molar-refractivity contribution in [2.75, 3.05) is 26.2 Å². The number of likely N-dealkylation sites (N-methyl/N-ethyl adjacent to an activating group) is 1. The number of aliphatic imine (C=N–C) groups is 1. The second kappa shape index (κ2) is 9.93. The van der Waals surface area contributed by atoms with Crippen LogP contribution in [0.15, 0.2) is 35.3 Å². The fourth-order valence-electron chi connectivity index (χ4n) is 2.97. The summed E-state index contributed by atoms with van der Waals surface area (Å²) in [5, 5.41) is 5.91. The maximum Gasteiger partial charge on any atom is 0.222 e.